The second kappa shape index (κ2) is 6.51. The molecule has 2 heterocycles. The van der Waals surface area contributed by atoms with Crippen molar-refractivity contribution < 1.29 is 23.4 Å². The summed E-state index contributed by atoms with van der Waals surface area (Å²) < 4.78 is 34.5. The molecule has 3 rings (SSSR count). The normalized spacial score (nSPS) is 11.0. The van der Waals surface area contributed by atoms with E-state index in [0.29, 0.717) is 17.8 Å². The molecule has 3 aromatic rings. The van der Waals surface area contributed by atoms with Crippen molar-refractivity contribution in [3.05, 3.63) is 64.6 Å². The summed E-state index contributed by atoms with van der Waals surface area (Å²) in [5.41, 5.74) is 1.26. The van der Waals surface area contributed by atoms with Gasteiger partial charge in [0.2, 0.25) is 0 Å². The summed E-state index contributed by atoms with van der Waals surface area (Å²) in [7, 11) is 0. The van der Waals surface area contributed by atoms with Crippen LogP contribution in [0, 0.1) is 18.6 Å². The smallest absolute Gasteiger partial charge is 0.354 e. The lowest BCUT2D eigenvalue weighted by molar-refractivity contribution is 0.0688. The van der Waals surface area contributed by atoms with E-state index >= 15 is 0 Å². The van der Waals surface area contributed by atoms with Gasteiger partial charge >= 0.3 is 5.97 Å². The summed E-state index contributed by atoms with van der Waals surface area (Å²) in [6.07, 6.45) is 0.592. The molecule has 0 fully saturated rings. The van der Waals surface area contributed by atoms with E-state index in [2.05, 4.69) is 4.98 Å². The molecule has 0 aliphatic rings. The van der Waals surface area contributed by atoms with E-state index in [-0.39, 0.29) is 23.6 Å². The number of pyridine rings is 1. The van der Waals surface area contributed by atoms with Crippen LogP contribution in [-0.2, 0) is 13.0 Å². The van der Waals surface area contributed by atoms with Crippen molar-refractivity contribution in [2.45, 2.75) is 26.9 Å². The van der Waals surface area contributed by atoms with Gasteiger partial charge < -0.3 is 9.84 Å². The fourth-order valence-electron chi connectivity index (χ4n) is 2.75. The number of ether oxygens (including phenoxy) is 1. The molecule has 0 unspecified atom stereocenters. The Labute approximate surface area is 142 Å². The summed E-state index contributed by atoms with van der Waals surface area (Å²) in [4.78, 5) is 15.8. The average molecular weight is 346 g/mol. The molecule has 2 aromatic heterocycles. The van der Waals surface area contributed by atoms with Crippen LogP contribution in [0.1, 0.15) is 34.4 Å². The zero-order chi connectivity index (χ0) is 18.1. The molecule has 0 aliphatic heterocycles. The summed E-state index contributed by atoms with van der Waals surface area (Å²) in [5, 5.41) is 9.44. The maximum absolute atomic E-state index is 13.7. The van der Waals surface area contributed by atoms with Crippen LogP contribution >= 0.6 is 0 Å². The first-order chi connectivity index (χ1) is 11.9. The zero-order valence-electron chi connectivity index (χ0n) is 13.7. The number of aromatic nitrogens is 2. The third kappa shape index (κ3) is 2.93. The number of hydrogen-bond donors (Lipinski definition) is 1. The summed E-state index contributed by atoms with van der Waals surface area (Å²) in [5.74, 6) is -2.24. The van der Waals surface area contributed by atoms with Gasteiger partial charge in [0.1, 0.15) is 18.2 Å². The Morgan fingerprint density at radius 2 is 1.92 bits per heavy atom. The van der Waals surface area contributed by atoms with Crippen LogP contribution < -0.4 is 4.74 Å². The third-order valence-electron chi connectivity index (χ3n) is 3.98. The number of hydrogen-bond acceptors (Lipinski definition) is 3. The molecule has 1 N–H and O–H groups in total. The maximum Gasteiger partial charge on any atom is 0.354 e. The second-order valence-electron chi connectivity index (χ2n) is 5.54. The predicted octanol–water partition coefficient (Wildman–Crippen LogP) is 3.76. The lowest BCUT2D eigenvalue weighted by Crippen LogP contribution is -2.08. The van der Waals surface area contributed by atoms with Crippen LogP contribution in [0.4, 0.5) is 8.78 Å². The fraction of sp³-hybridized carbons (Fsp3) is 0.222. The van der Waals surface area contributed by atoms with Gasteiger partial charge in [0.05, 0.1) is 11.3 Å². The number of carboxylic acid groups (broad SMARTS) is 1. The molecule has 0 aliphatic carbocycles. The van der Waals surface area contributed by atoms with Crippen molar-refractivity contribution in [1.29, 1.82) is 0 Å². The summed E-state index contributed by atoms with van der Waals surface area (Å²) in [6.45, 7) is 3.16. The highest BCUT2D eigenvalue weighted by molar-refractivity contribution is 5.89. The Morgan fingerprint density at radius 3 is 2.52 bits per heavy atom. The number of benzene rings is 1. The quantitative estimate of drug-likeness (QED) is 0.764. The average Bonchev–Trinajstić information content (AvgIpc) is 2.91. The van der Waals surface area contributed by atoms with Gasteiger partial charge in [0.15, 0.2) is 17.1 Å². The molecule has 0 amide bonds. The maximum atomic E-state index is 13.7. The molecule has 7 heteroatoms. The van der Waals surface area contributed by atoms with Gasteiger partial charge in [-0.3, -0.25) is 4.40 Å². The topological polar surface area (TPSA) is 63.8 Å². The first kappa shape index (κ1) is 16.9. The highest BCUT2D eigenvalue weighted by Crippen LogP contribution is 2.26. The third-order valence-corrected chi connectivity index (χ3v) is 3.98. The van der Waals surface area contributed by atoms with E-state index in [1.54, 1.807) is 19.1 Å². The molecule has 1 aromatic carbocycles. The minimum absolute atomic E-state index is 0.0503. The Kier molecular flexibility index (Phi) is 4.39. The molecular formula is C18H16F2N2O3. The van der Waals surface area contributed by atoms with E-state index in [1.165, 1.54) is 10.5 Å². The number of rotatable bonds is 5. The molecule has 0 atom stereocenters. The van der Waals surface area contributed by atoms with Gasteiger partial charge in [-0.2, -0.15) is 0 Å². The minimum Gasteiger partial charge on any atom is -0.485 e. The Bertz CT molecular complexity index is 946. The molecule has 0 saturated heterocycles. The van der Waals surface area contributed by atoms with Crippen LogP contribution in [0.3, 0.4) is 0 Å². The van der Waals surface area contributed by atoms with Crippen molar-refractivity contribution in [3.8, 4) is 5.75 Å². The molecule has 0 radical (unpaired) electrons. The highest BCUT2D eigenvalue weighted by atomic mass is 19.1. The van der Waals surface area contributed by atoms with Gasteiger partial charge in [0, 0.05) is 5.69 Å². The molecular weight excluding hydrogens is 330 g/mol. The molecule has 25 heavy (non-hydrogen) atoms. The molecule has 0 saturated carbocycles. The standard InChI is InChI=1S/C18H16F2N2O3/c1-3-11-7-8-15(17-21-10(2)16(18(23)24)22(11)17)25-9-12-13(19)5-4-6-14(12)20/h4-8H,3,9H2,1-2H3,(H,23,24). The van der Waals surface area contributed by atoms with Crippen LogP contribution in [0.15, 0.2) is 30.3 Å². The monoisotopic (exact) mass is 346 g/mol. The molecule has 0 bridgehead atoms. The largest absolute Gasteiger partial charge is 0.485 e. The van der Waals surface area contributed by atoms with Gasteiger partial charge in [-0.05, 0) is 37.6 Å². The molecule has 130 valence electrons. The van der Waals surface area contributed by atoms with E-state index < -0.39 is 17.6 Å². The lowest BCUT2D eigenvalue weighted by Gasteiger charge is -2.11. The Balaban J connectivity index is 2.06. The molecule has 5 nitrogen and oxygen atoms in total. The van der Waals surface area contributed by atoms with E-state index in [1.807, 2.05) is 6.92 Å². The van der Waals surface area contributed by atoms with Gasteiger partial charge in [-0.15, -0.1) is 0 Å². The van der Waals surface area contributed by atoms with E-state index in [4.69, 9.17) is 4.74 Å². The first-order valence-electron chi connectivity index (χ1n) is 7.74. The number of nitrogens with zero attached hydrogens (tertiary/aromatic N) is 2. The Hall–Kier alpha value is -2.96. The highest BCUT2D eigenvalue weighted by Gasteiger charge is 2.20. The number of halogens is 2. The van der Waals surface area contributed by atoms with Crippen molar-refractivity contribution in [2.75, 3.05) is 0 Å². The van der Waals surface area contributed by atoms with Crippen LogP contribution in [0.5, 0.6) is 5.75 Å². The minimum atomic E-state index is -1.10. The second-order valence-corrected chi connectivity index (χ2v) is 5.54. The van der Waals surface area contributed by atoms with Gasteiger partial charge in [0.25, 0.3) is 0 Å². The summed E-state index contributed by atoms with van der Waals surface area (Å²) in [6, 6.07) is 6.93. The number of carboxylic acids is 1. The van der Waals surface area contributed by atoms with Crippen molar-refractivity contribution in [2.24, 2.45) is 0 Å². The van der Waals surface area contributed by atoms with E-state index in [9.17, 15) is 18.7 Å². The van der Waals surface area contributed by atoms with Crippen LogP contribution in [-0.4, -0.2) is 20.5 Å². The fourth-order valence-corrected chi connectivity index (χ4v) is 2.75. The number of imidazole rings is 1. The number of fused-ring (bicyclic) bond motifs is 1. The summed E-state index contributed by atoms with van der Waals surface area (Å²) >= 11 is 0. The van der Waals surface area contributed by atoms with Crippen molar-refractivity contribution >= 4 is 11.6 Å². The van der Waals surface area contributed by atoms with Crippen LogP contribution in [0.2, 0.25) is 0 Å². The molecule has 0 spiro atoms. The zero-order valence-corrected chi connectivity index (χ0v) is 13.7. The van der Waals surface area contributed by atoms with Gasteiger partial charge in [-0.1, -0.05) is 13.0 Å². The van der Waals surface area contributed by atoms with Crippen LogP contribution in [0.25, 0.3) is 5.65 Å². The predicted molar refractivity (Wildman–Crippen MR) is 87.0 cm³/mol. The van der Waals surface area contributed by atoms with Gasteiger partial charge in [-0.25, -0.2) is 18.6 Å². The number of aromatic carboxylic acids is 1. The number of aryl methyl sites for hydroxylation is 2. The number of carbonyl (C=O) groups is 1. The SMILES string of the molecule is CCc1ccc(OCc2c(F)cccc2F)c2nc(C)c(C(=O)O)n12. The first-order valence-corrected chi connectivity index (χ1v) is 7.74. The van der Waals surface area contributed by atoms with E-state index in [0.717, 1.165) is 17.8 Å². The lowest BCUT2D eigenvalue weighted by atomic mass is 10.2. The van der Waals surface area contributed by atoms with Crippen molar-refractivity contribution in [1.82, 2.24) is 9.38 Å². The Morgan fingerprint density at radius 1 is 1.24 bits per heavy atom. The van der Waals surface area contributed by atoms with Crippen molar-refractivity contribution in [3.63, 3.8) is 0 Å².